The standard InChI is InChI=1S/C21H34N8S.HI/c1-17(2)16-29-19(25-26-21(29)30-4)9-7-11-24-20(22-3)28-14-12-27(13-15-28)18-8-5-6-10-23-18;/h5-6,8,10,17H,7,9,11-16H2,1-4H3,(H,22,24);1H. The van der Waals surface area contributed by atoms with Gasteiger partial charge in [-0.1, -0.05) is 31.7 Å². The maximum absolute atomic E-state index is 4.49. The van der Waals surface area contributed by atoms with Gasteiger partial charge in [-0.15, -0.1) is 34.2 Å². The molecule has 1 saturated heterocycles. The van der Waals surface area contributed by atoms with Crippen LogP contribution in [0.25, 0.3) is 0 Å². The van der Waals surface area contributed by atoms with E-state index < -0.39 is 0 Å². The molecule has 3 rings (SSSR count). The Morgan fingerprint density at radius 2 is 1.97 bits per heavy atom. The second-order valence-corrected chi connectivity index (χ2v) is 8.62. The van der Waals surface area contributed by atoms with Crippen molar-refractivity contribution >= 4 is 47.5 Å². The first kappa shape index (κ1) is 25.7. The lowest BCUT2D eigenvalue weighted by Gasteiger charge is -2.37. The predicted molar refractivity (Wildman–Crippen MR) is 140 cm³/mol. The van der Waals surface area contributed by atoms with Crippen molar-refractivity contribution in [3.05, 3.63) is 30.2 Å². The minimum absolute atomic E-state index is 0. The molecule has 2 aromatic rings. The van der Waals surface area contributed by atoms with Crippen LogP contribution >= 0.6 is 35.7 Å². The Morgan fingerprint density at radius 3 is 2.58 bits per heavy atom. The van der Waals surface area contributed by atoms with E-state index in [9.17, 15) is 0 Å². The molecule has 172 valence electrons. The van der Waals surface area contributed by atoms with Gasteiger partial charge in [-0.05, 0) is 30.7 Å². The van der Waals surface area contributed by atoms with Gasteiger partial charge in [-0.25, -0.2) is 4.98 Å². The van der Waals surface area contributed by atoms with E-state index in [1.165, 1.54) is 0 Å². The van der Waals surface area contributed by atoms with Gasteiger partial charge in [-0.2, -0.15) is 0 Å². The molecule has 0 bridgehead atoms. The fourth-order valence-corrected chi connectivity index (χ4v) is 4.19. The number of rotatable bonds is 8. The molecule has 0 spiro atoms. The van der Waals surface area contributed by atoms with Crippen LogP contribution in [0, 0.1) is 5.92 Å². The molecule has 8 nitrogen and oxygen atoms in total. The molecular weight excluding hydrogens is 523 g/mol. The Balaban J connectivity index is 0.00000341. The summed E-state index contributed by atoms with van der Waals surface area (Å²) in [6.45, 7) is 10.1. The highest BCUT2D eigenvalue weighted by atomic mass is 127. The Hall–Kier alpha value is -1.56. The summed E-state index contributed by atoms with van der Waals surface area (Å²) in [5.41, 5.74) is 0. The van der Waals surface area contributed by atoms with Gasteiger partial charge in [0.15, 0.2) is 11.1 Å². The van der Waals surface area contributed by atoms with Crippen molar-refractivity contribution in [3.8, 4) is 0 Å². The number of nitrogens with one attached hydrogen (secondary N) is 1. The van der Waals surface area contributed by atoms with Crippen LogP contribution in [-0.4, -0.2) is 76.6 Å². The van der Waals surface area contributed by atoms with E-state index in [0.29, 0.717) is 5.92 Å². The number of halogens is 1. The first-order valence-electron chi connectivity index (χ1n) is 10.7. The molecular formula is C21H35IN8S. The SMILES string of the molecule is CN=C(NCCCc1nnc(SC)n1CC(C)C)N1CCN(c2ccccn2)CC1.I. The Bertz CT molecular complexity index is 803. The third kappa shape index (κ3) is 7.23. The predicted octanol–water partition coefficient (Wildman–Crippen LogP) is 3.00. The van der Waals surface area contributed by atoms with Crippen LogP contribution in [0.1, 0.15) is 26.1 Å². The Kier molecular flexibility index (Phi) is 10.9. The normalized spacial score (nSPS) is 14.7. The number of hydrogen-bond acceptors (Lipinski definition) is 6. The van der Waals surface area contributed by atoms with Crippen LogP contribution in [0.2, 0.25) is 0 Å². The number of aromatic nitrogens is 4. The lowest BCUT2D eigenvalue weighted by molar-refractivity contribution is 0.371. The Labute approximate surface area is 207 Å². The van der Waals surface area contributed by atoms with E-state index in [1.54, 1.807) is 11.8 Å². The van der Waals surface area contributed by atoms with E-state index in [0.717, 1.165) is 74.9 Å². The van der Waals surface area contributed by atoms with Crippen molar-refractivity contribution in [3.63, 3.8) is 0 Å². The van der Waals surface area contributed by atoms with Crippen LogP contribution in [-0.2, 0) is 13.0 Å². The average Bonchev–Trinajstić information content (AvgIpc) is 3.15. The van der Waals surface area contributed by atoms with E-state index in [2.05, 4.69) is 66.0 Å². The third-order valence-electron chi connectivity index (χ3n) is 5.15. The number of hydrogen-bond donors (Lipinski definition) is 1. The summed E-state index contributed by atoms with van der Waals surface area (Å²) >= 11 is 1.66. The minimum atomic E-state index is 0. The number of aryl methyl sites for hydroxylation is 1. The molecule has 0 aromatic carbocycles. The topological polar surface area (TPSA) is 74.5 Å². The van der Waals surface area contributed by atoms with Crippen molar-refractivity contribution in [2.75, 3.05) is 50.9 Å². The molecule has 1 N–H and O–H groups in total. The van der Waals surface area contributed by atoms with Crippen LogP contribution in [0.15, 0.2) is 34.5 Å². The zero-order valence-electron chi connectivity index (χ0n) is 19.0. The van der Waals surface area contributed by atoms with Gasteiger partial charge in [0, 0.05) is 58.9 Å². The average molecular weight is 559 g/mol. The monoisotopic (exact) mass is 558 g/mol. The summed E-state index contributed by atoms with van der Waals surface area (Å²) < 4.78 is 2.26. The lowest BCUT2D eigenvalue weighted by Crippen LogP contribution is -2.52. The number of aliphatic imine (C=N–C) groups is 1. The fraction of sp³-hybridized carbons (Fsp3) is 0.619. The van der Waals surface area contributed by atoms with E-state index in [-0.39, 0.29) is 24.0 Å². The van der Waals surface area contributed by atoms with E-state index >= 15 is 0 Å². The molecule has 10 heteroatoms. The molecule has 1 aliphatic heterocycles. The minimum Gasteiger partial charge on any atom is -0.356 e. The number of piperazine rings is 1. The summed E-state index contributed by atoms with van der Waals surface area (Å²) in [5, 5.41) is 13.3. The first-order valence-corrected chi connectivity index (χ1v) is 11.9. The van der Waals surface area contributed by atoms with E-state index in [4.69, 9.17) is 0 Å². The number of thioether (sulfide) groups is 1. The van der Waals surface area contributed by atoms with Crippen LogP contribution < -0.4 is 10.2 Å². The van der Waals surface area contributed by atoms with Crippen LogP contribution in [0.5, 0.6) is 0 Å². The summed E-state index contributed by atoms with van der Waals surface area (Å²) in [6.07, 6.45) is 5.82. The molecule has 1 fully saturated rings. The summed E-state index contributed by atoms with van der Waals surface area (Å²) in [6, 6.07) is 6.07. The quantitative estimate of drug-likeness (QED) is 0.176. The molecule has 0 radical (unpaired) electrons. The fourth-order valence-electron chi connectivity index (χ4n) is 3.67. The van der Waals surface area contributed by atoms with Crippen LogP contribution in [0.3, 0.4) is 0 Å². The first-order chi connectivity index (χ1) is 14.6. The molecule has 3 heterocycles. The maximum Gasteiger partial charge on any atom is 0.193 e. The molecule has 2 aromatic heterocycles. The summed E-state index contributed by atoms with van der Waals surface area (Å²) in [7, 11) is 1.86. The third-order valence-corrected chi connectivity index (χ3v) is 5.82. The maximum atomic E-state index is 4.49. The highest BCUT2D eigenvalue weighted by molar-refractivity contribution is 14.0. The Morgan fingerprint density at radius 1 is 1.19 bits per heavy atom. The van der Waals surface area contributed by atoms with Crippen molar-refractivity contribution in [2.24, 2.45) is 10.9 Å². The van der Waals surface area contributed by atoms with Crippen molar-refractivity contribution in [2.45, 2.75) is 38.4 Å². The molecule has 31 heavy (non-hydrogen) atoms. The zero-order chi connectivity index (χ0) is 21.3. The zero-order valence-corrected chi connectivity index (χ0v) is 22.1. The number of guanidine groups is 1. The number of pyridine rings is 1. The van der Waals surface area contributed by atoms with Gasteiger partial charge in [0.25, 0.3) is 0 Å². The smallest absolute Gasteiger partial charge is 0.193 e. The van der Waals surface area contributed by atoms with Crippen LogP contribution in [0.4, 0.5) is 5.82 Å². The molecule has 0 saturated carbocycles. The van der Waals surface area contributed by atoms with Crippen molar-refractivity contribution in [1.29, 1.82) is 0 Å². The largest absolute Gasteiger partial charge is 0.356 e. The molecule has 0 atom stereocenters. The second kappa shape index (κ2) is 13.1. The van der Waals surface area contributed by atoms with Crippen molar-refractivity contribution < 1.29 is 0 Å². The highest BCUT2D eigenvalue weighted by Crippen LogP contribution is 2.17. The van der Waals surface area contributed by atoms with Gasteiger partial charge >= 0.3 is 0 Å². The van der Waals surface area contributed by atoms with Gasteiger partial charge < -0.3 is 19.7 Å². The molecule has 1 aliphatic rings. The highest BCUT2D eigenvalue weighted by Gasteiger charge is 2.20. The number of anilines is 1. The van der Waals surface area contributed by atoms with Crippen molar-refractivity contribution in [1.82, 2.24) is 30.0 Å². The van der Waals surface area contributed by atoms with Gasteiger partial charge in [0.2, 0.25) is 0 Å². The summed E-state index contributed by atoms with van der Waals surface area (Å²) in [4.78, 5) is 13.6. The van der Waals surface area contributed by atoms with E-state index in [1.807, 2.05) is 25.4 Å². The molecule has 0 aliphatic carbocycles. The van der Waals surface area contributed by atoms with Gasteiger partial charge in [0.05, 0.1) is 0 Å². The van der Waals surface area contributed by atoms with Gasteiger partial charge in [0.1, 0.15) is 11.6 Å². The molecule has 0 unspecified atom stereocenters. The number of nitrogens with zero attached hydrogens (tertiary/aromatic N) is 7. The lowest BCUT2D eigenvalue weighted by atomic mass is 10.2. The van der Waals surface area contributed by atoms with Gasteiger partial charge in [-0.3, -0.25) is 4.99 Å². The summed E-state index contributed by atoms with van der Waals surface area (Å²) in [5.74, 6) is 3.68. The second-order valence-electron chi connectivity index (χ2n) is 7.85. The molecule has 0 amide bonds.